The Morgan fingerprint density at radius 2 is 2.20 bits per heavy atom. The first-order chi connectivity index (χ1) is 9.56. The second-order valence-electron chi connectivity index (χ2n) is 5.89. The van der Waals surface area contributed by atoms with Crippen LogP contribution in [0, 0.1) is 12.8 Å². The van der Waals surface area contributed by atoms with Crippen LogP contribution in [-0.4, -0.2) is 27.2 Å². The molecule has 0 unspecified atom stereocenters. The molecule has 2 aromatic rings. The summed E-state index contributed by atoms with van der Waals surface area (Å²) >= 11 is 0. The quantitative estimate of drug-likeness (QED) is 0.862. The van der Waals surface area contributed by atoms with Crippen molar-refractivity contribution in [2.24, 2.45) is 5.92 Å². The zero-order chi connectivity index (χ0) is 14.3. The number of carbonyl (C=O) groups is 1. The van der Waals surface area contributed by atoms with Gasteiger partial charge >= 0.3 is 0 Å². The summed E-state index contributed by atoms with van der Waals surface area (Å²) in [5.74, 6) is 1.45. The molecule has 5 nitrogen and oxygen atoms in total. The van der Waals surface area contributed by atoms with Gasteiger partial charge in [-0.15, -0.1) is 0 Å². The highest BCUT2D eigenvalue weighted by Gasteiger charge is 2.26. The van der Waals surface area contributed by atoms with Crippen LogP contribution in [0.5, 0.6) is 0 Å². The minimum Gasteiger partial charge on any atom is -0.295 e. The van der Waals surface area contributed by atoms with E-state index in [1.54, 1.807) is 4.90 Å². The molecule has 0 aromatic carbocycles. The lowest BCUT2D eigenvalue weighted by Gasteiger charge is -2.12. The van der Waals surface area contributed by atoms with Gasteiger partial charge in [-0.3, -0.25) is 19.4 Å². The smallest absolute Gasteiger partial charge is 0.228 e. The first-order valence-corrected chi connectivity index (χ1v) is 7.20. The molecule has 0 saturated carbocycles. The van der Waals surface area contributed by atoms with E-state index in [0.717, 1.165) is 41.9 Å². The van der Waals surface area contributed by atoms with Crippen molar-refractivity contribution in [2.75, 3.05) is 11.4 Å². The van der Waals surface area contributed by atoms with Crippen molar-refractivity contribution >= 4 is 22.6 Å². The molecule has 5 heteroatoms. The van der Waals surface area contributed by atoms with Gasteiger partial charge in [0.2, 0.25) is 5.91 Å². The Balaban J connectivity index is 2.14. The number of carbonyl (C=O) groups excluding carboxylic acids is 1. The molecule has 1 amide bonds. The molecular formula is C15H20N4O. The van der Waals surface area contributed by atoms with Crippen LogP contribution in [0.4, 0.5) is 5.82 Å². The maximum atomic E-state index is 12.0. The highest BCUT2D eigenvalue weighted by molar-refractivity contribution is 6.02. The summed E-state index contributed by atoms with van der Waals surface area (Å²) in [6.45, 7) is 7.93. The van der Waals surface area contributed by atoms with E-state index in [0.29, 0.717) is 12.3 Å². The fraction of sp³-hybridized carbons (Fsp3) is 0.533. The van der Waals surface area contributed by atoms with Crippen LogP contribution in [-0.2, 0) is 11.3 Å². The van der Waals surface area contributed by atoms with E-state index in [9.17, 15) is 4.79 Å². The Labute approximate surface area is 118 Å². The Hall–Kier alpha value is -1.91. The highest BCUT2D eigenvalue weighted by atomic mass is 16.2. The number of pyridine rings is 1. The lowest BCUT2D eigenvalue weighted by atomic mass is 10.2. The topological polar surface area (TPSA) is 51.0 Å². The molecular weight excluding hydrogens is 252 g/mol. The van der Waals surface area contributed by atoms with Gasteiger partial charge in [0.25, 0.3) is 0 Å². The number of rotatable bonds is 3. The zero-order valence-electron chi connectivity index (χ0n) is 12.3. The third-order valence-corrected chi connectivity index (χ3v) is 3.62. The summed E-state index contributed by atoms with van der Waals surface area (Å²) in [5.41, 5.74) is 2.04. The summed E-state index contributed by atoms with van der Waals surface area (Å²) in [6, 6.07) is 2.05. The molecule has 0 radical (unpaired) electrons. The van der Waals surface area contributed by atoms with Gasteiger partial charge in [-0.25, -0.2) is 0 Å². The van der Waals surface area contributed by atoms with Crippen molar-refractivity contribution in [3.05, 3.63) is 18.0 Å². The van der Waals surface area contributed by atoms with Crippen LogP contribution in [0.3, 0.4) is 0 Å². The third kappa shape index (κ3) is 2.17. The van der Waals surface area contributed by atoms with Crippen molar-refractivity contribution in [3.63, 3.8) is 0 Å². The lowest BCUT2D eigenvalue weighted by molar-refractivity contribution is -0.117. The van der Waals surface area contributed by atoms with Crippen LogP contribution in [0.15, 0.2) is 12.3 Å². The maximum Gasteiger partial charge on any atom is 0.228 e. The highest BCUT2D eigenvalue weighted by Crippen LogP contribution is 2.29. The average Bonchev–Trinajstić information content (AvgIpc) is 2.93. The third-order valence-electron chi connectivity index (χ3n) is 3.62. The van der Waals surface area contributed by atoms with Crippen LogP contribution < -0.4 is 4.90 Å². The van der Waals surface area contributed by atoms with Crippen molar-refractivity contribution < 1.29 is 4.79 Å². The number of anilines is 1. The minimum absolute atomic E-state index is 0.168. The molecule has 0 bridgehead atoms. The van der Waals surface area contributed by atoms with E-state index in [2.05, 4.69) is 30.0 Å². The van der Waals surface area contributed by atoms with Crippen LogP contribution >= 0.6 is 0 Å². The molecule has 1 saturated heterocycles. The lowest BCUT2D eigenvalue weighted by Crippen LogP contribution is -2.24. The predicted molar refractivity (Wildman–Crippen MR) is 78.7 cm³/mol. The number of nitrogens with zero attached hydrogens (tertiary/aromatic N) is 4. The van der Waals surface area contributed by atoms with Crippen molar-refractivity contribution in [2.45, 2.75) is 40.2 Å². The van der Waals surface area contributed by atoms with E-state index >= 15 is 0 Å². The fourth-order valence-electron chi connectivity index (χ4n) is 2.71. The normalized spacial score (nSPS) is 15.8. The van der Waals surface area contributed by atoms with E-state index in [1.165, 1.54) is 0 Å². The van der Waals surface area contributed by atoms with Crippen molar-refractivity contribution in [1.82, 2.24) is 14.8 Å². The van der Waals surface area contributed by atoms with Gasteiger partial charge in [0.1, 0.15) is 0 Å². The Bertz CT molecular complexity index is 659. The summed E-state index contributed by atoms with van der Waals surface area (Å²) in [7, 11) is 0. The van der Waals surface area contributed by atoms with Crippen LogP contribution in [0.25, 0.3) is 10.9 Å². The van der Waals surface area contributed by atoms with Gasteiger partial charge in [0.05, 0.1) is 10.9 Å². The Morgan fingerprint density at radius 3 is 2.85 bits per heavy atom. The zero-order valence-corrected chi connectivity index (χ0v) is 12.3. The molecule has 0 atom stereocenters. The molecule has 0 aliphatic carbocycles. The average molecular weight is 272 g/mol. The standard InChI is InChI=1S/C15H20N4O/c1-10(2)9-19-13-7-11(3)16-8-12(13)15(17-19)18-6-4-5-14(18)20/h7-8,10H,4-6,9H2,1-3H3. The molecule has 3 rings (SSSR count). The SMILES string of the molecule is Cc1cc2c(cn1)c(N1CCCC1=O)nn2CC(C)C. The summed E-state index contributed by atoms with van der Waals surface area (Å²) < 4.78 is 2.01. The summed E-state index contributed by atoms with van der Waals surface area (Å²) in [5, 5.41) is 5.66. The number of amides is 1. The number of aryl methyl sites for hydroxylation is 1. The van der Waals surface area contributed by atoms with Crippen molar-refractivity contribution in [1.29, 1.82) is 0 Å². The van der Waals surface area contributed by atoms with Gasteiger partial charge in [0, 0.05) is 31.4 Å². The van der Waals surface area contributed by atoms with E-state index in [4.69, 9.17) is 0 Å². The monoisotopic (exact) mass is 272 g/mol. The summed E-state index contributed by atoms with van der Waals surface area (Å²) in [4.78, 5) is 18.1. The number of fused-ring (bicyclic) bond motifs is 1. The van der Waals surface area contributed by atoms with Crippen LogP contribution in [0.1, 0.15) is 32.4 Å². The van der Waals surface area contributed by atoms with Crippen molar-refractivity contribution in [3.8, 4) is 0 Å². The largest absolute Gasteiger partial charge is 0.295 e. The molecule has 2 aromatic heterocycles. The van der Waals surface area contributed by atoms with Gasteiger partial charge in [-0.1, -0.05) is 13.8 Å². The van der Waals surface area contributed by atoms with Gasteiger partial charge in [-0.2, -0.15) is 5.10 Å². The molecule has 1 aliphatic rings. The Morgan fingerprint density at radius 1 is 1.40 bits per heavy atom. The fourth-order valence-corrected chi connectivity index (χ4v) is 2.71. The predicted octanol–water partition coefficient (Wildman–Crippen LogP) is 2.52. The summed E-state index contributed by atoms with van der Waals surface area (Å²) in [6.07, 6.45) is 3.38. The second kappa shape index (κ2) is 4.89. The number of hydrogen-bond acceptors (Lipinski definition) is 3. The number of hydrogen-bond donors (Lipinski definition) is 0. The molecule has 0 spiro atoms. The molecule has 1 fully saturated rings. The van der Waals surface area contributed by atoms with E-state index in [1.807, 2.05) is 17.8 Å². The minimum atomic E-state index is 0.168. The maximum absolute atomic E-state index is 12.0. The molecule has 106 valence electrons. The molecule has 0 N–H and O–H groups in total. The van der Waals surface area contributed by atoms with E-state index in [-0.39, 0.29) is 5.91 Å². The van der Waals surface area contributed by atoms with Gasteiger partial charge in [-0.05, 0) is 25.3 Å². The molecule has 1 aliphatic heterocycles. The second-order valence-corrected chi connectivity index (χ2v) is 5.89. The van der Waals surface area contributed by atoms with Crippen LogP contribution in [0.2, 0.25) is 0 Å². The van der Waals surface area contributed by atoms with E-state index < -0.39 is 0 Å². The van der Waals surface area contributed by atoms with Gasteiger partial charge < -0.3 is 0 Å². The first kappa shape index (κ1) is 13.1. The molecule has 20 heavy (non-hydrogen) atoms. The van der Waals surface area contributed by atoms with Gasteiger partial charge in [0.15, 0.2) is 5.82 Å². The first-order valence-electron chi connectivity index (χ1n) is 7.20. The number of aromatic nitrogens is 3. The molecule has 3 heterocycles. The Kier molecular flexibility index (Phi) is 3.20.